The van der Waals surface area contributed by atoms with Gasteiger partial charge in [-0.15, -0.1) is 0 Å². The fraction of sp³-hybridized carbons (Fsp3) is 0.350. The first-order valence-electron chi connectivity index (χ1n) is 8.19. The molecule has 0 fully saturated rings. The van der Waals surface area contributed by atoms with Crippen LogP contribution in [0.5, 0.6) is 5.75 Å². The molecule has 0 bridgehead atoms. The molecule has 4 nitrogen and oxygen atoms in total. The molecule has 0 spiro atoms. The minimum Gasteiger partial charge on any atom is -0.478 e. The molecule has 0 aromatic heterocycles. The number of carbonyl (C=O) groups is 1. The normalized spacial score (nSPS) is 11.2. The Bertz CT molecular complexity index is 671. The van der Waals surface area contributed by atoms with E-state index in [1.165, 1.54) is 24.3 Å². The highest BCUT2D eigenvalue weighted by Crippen LogP contribution is 2.21. The third-order valence-corrected chi connectivity index (χ3v) is 3.77. The van der Waals surface area contributed by atoms with Crippen LogP contribution < -0.4 is 4.74 Å². The molecule has 0 unspecified atom stereocenters. The van der Waals surface area contributed by atoms with E-state index in [2.05, 4.69) is 0 Å². The Balaban J connectivity index is 2.13. The topological polar surface area (TPSA) is 38.8 Å². The summed E-state index contributed by atoms with van der Waals surface area (Å²) in [4.78, 5) is 14.7. The van der Waals surface area contributed by atoms with Crippen LogP contribution in [0.4, 0.5) is 4.39 Å². The van der Waals surface area contributed by atoms with Gasteiger partial charge in [0.15, 0.2) is 5.60 Å². The van der Waals surface area contributed by atoms with E-state index >= 15 is 0 Å². The number of nitrogens with zero attached hydrogens (tertiary/aromatic N) is 1. The highest BCUT2D eigenvalue weighted by atomic mass is 19.1. The van der Waals surface area contributed by atoms with Gasteiger partial charge in [0.25, 0.3) is 5.91 Å². The molecule has 0 aliphatic rings. The Kier molecular flexibility index (Phi) is 6.53. The van der Waals surface area contributed by atoms with Crippen molar-refractivity contribution in [2.75, 3.05) is 20.3 Å². The number of benzene rings is 2. The van der Waals surface area contributed by atoms with Gasteiger partial charge in [-0.25, -0.2) is 4.39 Å². The zero-order valence-electron chi connectivity index (χ0n) is 14.9. The maximum absolute atomic E-state index is 13.0. The van der Waals surface area contributed by atoms with Gasteiger partial charge >= 0.3 is 0 Å². The van der Waals surface area contributed by atoms with E-state index in [1.807, 2.05) is 30.3 Å². The summed E-state index contributed by atoms with van der Waals surface area (Å²) < 4.78 is 24.0. The summed E-state index contributed by atoms with van der Waals surface area (Å²) in [6.45, 7) is 4.79. The number of rotatable bonds is 8. The molecule has 0 aliphatic heterocycles. The van der Waals surface area contributed by atoms with Crippen LogP contribution in [-0.2, 0) is 16.1 Å². The third-order valence-electron chi connectivity index (χ3n) is 3.77. The lowest BCUT2D eigenvalue weighted by Gasteiger charge is -2.32. The number of methoxy groups -OCH3 is 1. The minimum atomic E-state index is -1.08. The summed E-state index contributed by atoms with van der Waals surface area (Å²) in [5.41, 5.74) is -0.0510. The van der Waals surface area contributed by atoms with E-state index < -0.39 is 5.60 Å². The summed E-state index contributed by atoms with van der Waals surface area (Å²) in [5, 5.41) is 0. The first-order valence-corrected chi connectivity index (χ1v) is 8.19. The Morgan fingerprint density at radius 2 is 1.72 bits per heavy atom. The number of halogens is 1. The molecule has 134 valence electrons. The second-order valence-electron chi connectivity index (χ2n) is 6.27. The van der Waals surface area contributed by atoms with Gasteiger partial charge in [-0.05, 0) is 43.7 Å². The highest BCUT2D eigenvalue weighted by molar-refractivity contribution is 5.84. The Labute approximate surface area is 148 Å². The highest BCUT2D eigenvalue weighted by Gasteiger charge is 2.34. The monoisotopic (exact) mass is 345 g/mol. The second-order valence-corrected chi connectivity index (χ2v) is 6.27. The summed E-state index contributed by atoms with van der Waals surface area (Å²) >= 11 is 0. The van der Waals surface area contributed by atoms with E-state index in [0.29, 0.717) is 25.4 Å². The molecule has 2 aromatic rings. The van der Waals surface area contributed by atoms with Crippen LogP contribution in [0, 0.1) is 5.82 Å². The summed E-state index contributed by atoms with van der Waals surface area (Å²) in [5.74, 6) is -0.0498. The summed E-state index contributed by atoms with van der Waals surface area (Å²) in [6.07, 6.45) is 0. The van der Waals surface area contributed by atoms with Crippen LogP contribution in [0.1, 0.15) is 19.4 Å². The van der Waals surface area contributed by atoms with Gasteiger partial charge in [-0.1, -0.05) is 30.3 Å². The van der Waals surface area contributed by atoms with Gasteiger partial charge in [-0.3, -0.25) is 4.79 Å². The maximum atomic E-state index is 13.0. The van der Waals surface area contributed by atoms with E-state index in [-0.39, 0.29) is 11.7 Å². The van der Waals surface area contributed by atoms with Crippen molar-refractivity contribution in [1.29, 1.82) is 0 Å². The Morgan fingerprint density at radius 3 is 2.32 bits per heavy atom. The van der Waals surface area contributed by atoms with Gasteiger partial charge in [0.2, 0.25) is 0 Å². The zero-order chi connectivity index (χ0) is 18.3. The van der Waals surface area contributed by atoms with Crippen molar-refractivity contribution in [3.8, 4) is 5.75 Å². The van der Waals surface area contributed by atoms with E-state index in [9.17, 15) is 9.18 Å². The minimum absolute atomic E-state index is 0.155. The molecular weight excluding hydrogens is 321 g/mol. The van der Waals surface area contributed by atoms with Crippen LogP contribution >= 0.6 is 0 Å². The predicted molar refractivity (Wildman–Crippen MR) is 94.8 cm³/mol. The van der Waals surface area contributed by atoms with Crippen molar-refractivity contribution in [2.45, 2.75) is 26.0 Å². The van der Waals surface area contributed by atoms with Crippen molar-refractivity contribution in [3.05, 3.63) is 66.0 Å². The van der Waals surface area contributed by atoms with Crippen molar-refractivity contribution in [1.82, 2.24) is 4.90 Å². The van der Waals surface area contributed by atoms with Gasteiger partial charge in [-0.2, -0.15) is 0 Å². The number of hydrogen-bond donors (Lipinski definition) is 0. The van der Waals surface area contributed by atoms with Gasteiger partial charge in [0.05, 0.1) is 6.61 Å². The average Bonchev–Trinajstić information content (AvgIpc) is 2.60. The third kappa shape index (κ3) is 5.57. The second kappa shape index (κ2) is 8.62. The van der Waals surface area contributed by atoms with Crippen molar-refractivity contribution < 1.29 is 18.7 Å². The number of ether oxygens (including phenoxy) is 2. The molecule has 0 radical (unpaired) electrons. The van der Waals surface area contributed by atoms with Crippen LogP contribution in [0.2, 0.25) is 0 Å². The van der Waals surface area contributed by atoms with Crippen molar-refractivity contribution in [2.24, 2.45) is 0 Å². The fourth-order valence-corrected chi connectivity index (χ4v) is 2.48. The quantitative estimate of drug-likeness (QED) is 0.733. The fourth-order valence-electron chi connectivity index (χ4n) is 2.48. The first-order chi connectivity index (χ1) is 11.9. The number of carbonyl (C=O) groups excluding carboxylic acids is 1. The van der Waals surface area contributed by atoms with E-state index in [1.54, 1.807) is 25.9 Å². The Morgan fingerprint density at radius 1 is 1.08 bits per heavy atom. The molecule has 0 saturated heterocycles. The van der Waals surface area contributed by atoms with Crippen molar-refractivity contribution in [3.63, 3.8) is 0 Å². The maximum Gasteiger partial charge on any atom is 0.266 e. The van der Waals surface area contributed by atoms with Gasteiger partial charge < -0.3 is 14.4 Å². The molecular formula is C20H24FNO3. The number of hydrogen-bond acceptors (Lipinski definition) is 3. The van der Waals surface area contributed by atoms with Crippen LogP contribution in [-0.4, -0.2) is 36.7 Å². The molecule has 0 N–H and O–H groups in total. The average molecular weight is 345 g/mol. The SMILES string of the molecule is COCCN(Cc1ccccc1)C(=O)C(C)(C)Oc1ccc(F)cc1. The van der Waals surface area contributed by atoms with Crippen LogP contribution in [0.3, 0.4) is 0 Å². The molecule has 0 saturated carbocycles. The van der Waals surface area contributed by atoms with Gasteiger partial charge in [0, 0.05) is 20.2 Å². The predicted octanol–water partition coefficient (Wildman–Crippen LogP) is 3.66. The first kappa shape index (κ1) is 18.9. The molecule has 2 aromatic carbocycles. The Hall–Kier alpha value is -2.40. The molecule has 5 heteroatoms. The zero-order valence-corrected chi connectivity index (χ0v) is 14.9. The molecule has 0 heterocycles. The molecule has 0 aliphatic carbocycles. The van der Waals surface area contributed by atoms with Gasteiger partial charge in [0.1, 0.15) is 11.6 Å². The summed E-state index contributed by atoms with van der Waals surface area (Å²) in [6, 6.07) is 15.4. The molecule has 2 rings (SSSR count). The molecule has 1 amide bonds. The lowest BCUT2D eigenvalue weighted by molar-refractivity contribution is -0.146. The summed E-state index contributed by atoms with van der Waals surface area (Å²) in [7, 11) is 1.60. The smallest absolute Gasteiger partial charge is 0.266 e. The largest absolute Gasteiger partial charge is 0.478 e. The molecule has 0 atom stereocenters. The lowest BCUT2D eigenvalue weighted by atomic mass is 10.1. The number of amides is 1. The van der Waals surface area contributed by atoms with Crippen molar-refractivity contribution >= 4 is 5.91 Å². The van der Waals surface area contributed by atoms with Crippen LogP contribution in [0.15, 0.2) is 54.6 Å². The van der Waals surface area contributed by atoms with Crippen LogP contribution in [0.25, 0.3) is 0 Å². The lowest BCUT2D eigenvalue weighted by Crippen LogP contribution is -2.49. The van der Waals surface area contributed by atoms with E-state index in [4.69, 9.17) is 9.47 Å². The molecule has 25 heavy (non-hydrogen) atoms. The standard InChI is InChI=1S/C20H24FNO3/c1-20(2,25-18-11-9-17(21)10-12-18)19(23)22(13-14-24-3)15-16-7-5-4-6-8-16/h4-12H,13-15H2,1-3H3. The van der Waals surface area contributed by atoms with E-state index in [0.717, 1.165) is 5.56 Å².